The fourth-order valence-electron chi connectivity index (χ4n) is 2.74. The van der Waals surface area contributed by atoms with Crippen LogP contribution in [-0.4, -0.2) is 23.2 Å². The van der Waals surface area contributed by atoms with Crippen LogP contribution < -0.4 is 15.0 Å². The highest BCUT2D eigenvalue weighted by molar-refractivity contribution is 7.80. The van der Waals surface area contributed by atoms with Crippen molar-refractivity contribution in [2.24, 2.45) is 0 Å². The summed E-state index contributed by atoms with van der Waals surface area (Å²) in [5.74, 6) is 0.570. The number of phenols is 1. The summed E-state index contributed by atoms with van der Waals surface area (Å²) in [5, 5.41) is 13.2. The summed E-state index contributed by atoms with van der Waals surface area (Å²) in [6, 6.07) is 12.7. The van der Waals surface area contributed by atoms with Gasteiger partial charge in [-0.05, 0) is 59.6 Å². The van der Waals surface area contributed by atoms with Crippen LogP contribution >= 0.6 is 12.2 Å². The van der Waals surface area contributed by atoms with E-state index >= 15 is 0 Å². The Morgan fingerprint density at radius 2 is 1.88 bits per heavy atom. The molecule has 0 unspecified atom stereocenters. The average molecular weight is 368 g/mol. The molecule has 0 aromatic heterocycles. The Morgan fingerprint density at radius 1 is 1.19 bits per heavy atom. The second-order valence-electron chi connectivity index (χ2n) is 6.31. The van der Waals surface area contributed by atoms with Gasteiger partial charge < -0.3 is 15.2 Å². The number of nitrogens with zero attached hydrogens (tertiary/aromatic N) is 1. The summed E-state index contributed by atoms with van der Waals surface area (Å²) >= 11 is 5.33. The summed E-state index contributed by atoms with van der Waals surface area (Å²) in [6.07, 6.45) is 1.65. The summed E-state index contributed by atoms with van der Waals surface area (Å²) in [4.78, 5) is 14.2. The van der Waals surface area contributed by atoms with E-state index in [1.165, 1.54) is 23.6 Å². The number of nitrogens with one attached hydrogen (secondary N) is 1. The predicted octanol–water partition coefficient (Wildman–Crippen LogP) is 3.79. The molecule has 1 aliphatic heterocycles. The van der Waals surface area contributed by atoms with Crippen molar-refractivity contribution >= 4 is 35.0 Å². The number of methoxy groups -OCH3 is 1. The van der Waals surface area contributed by atoms with Crippen molar-refractivity contribution in [2.45, 2.75) is 19.8 Å². The third kappa shape index (κ3) is 3.41. The van der Waals surface area contributed by atoms with Gasteiger partial charge in [-0.15, -0.1) is 0 Å². The second-order valence-corrected chi connectivity index (χ2v) is 6.69. The topological polar surface area (TPSA) is 61.8 Å². The van der Waals surface area contributed by atoms with E-state index in [0.29, 0.717) is 28.0 Å². The highest BCUT2D eigenvalue weighted by Crippen LogP contribution is 2.29. The second kappa shape index (κ2) is 7.17. The number of carbonyl (C=O) groups excluding carboxylic acids is 1. The van der Waals surface area contributed by atoms with Crippen molar-refractivity contribution in [1.29, 1.82) is 0 Å². The molecule has 1 aliphatic rings. The van der Waals surface area contributed by atoms with Crippen LogP contribution in [0.4, 0.5) is 5.69 Å². The van der Waals surface area contributed by atoms with Crippen LogP contribution in [0.2, 0.25) is 0 Å². The van der Waals surface area contributed by atoms with Gasteiger partial charge in [0, 0.05) is 0 Å². The van der Waals surface area contributed by atoms with E-state index in [9.17, 15) is 9.90 Å². The highest BCUT2D eigenvalue weighted by Gasteiger charge is 2.31. The van der Waals surface area contributed by atoms with Crippen LogP contribution in [0.25, 0.3) is 6.08 Å². The van der Waals surface area contributed by atoms with E-state index in [-0.39, 0.29) is 11.7 Å². The number of carbonyl (C=O) groups is 1. The first kappa shape index (κ1) is 17.9. The fraction of sp³-hybridized carbons (Fsp3) is 0.200. The Bertz CT molecular complexity index is 888. The lowest BCUT2D eigenvalue weighted by Gasteiger charge is -2.15. The molecule has 1 amide bonds. The smallest absolute Gasteiger partial charge is 0.281 e. The monoisotopic (exact) mass is 368 g/mol. The number of phenolic OH excluding ortho intramolecular Hbond substituents is 1. The summed E-state index contributed by atoms with van der Waals surface area (Å²) < 4.78 is 5.03. The summed E-state index contributed by atoms with van der Waals surface area (Å²) in [7, 11) is 1.48. The van der Waals surface area contributed by atoms with Gasteiger partial charge in [0.15, 0.2) is 16.6 Å². The van der Waals surface area contributed by atoms with Crippen molar-refractivity contribution < 1.29 is 14.6 Å². The number of hydrogen-bond donors (Lipinski definition) is 2. The summed E-state index contributed by atoms with van der Waals surface area (Å²) in [6.45, 7) is 4.24. The first-order valence-corrected chi connectivity index (χ1v) is 8.65. The lowest BCUT2D eigenvalue weighted by molar-refractivity contribution is -0.113. The van der Waals surface area contributed by atoms with E-state index in [1.54, 1.807) is 18.2 Å². The van der Waals surface area contributed by atoms with Gasteiger partial charge in [-0.25, -0.2) is 0 Å². The Morgan fingerprint density at radius 3 is 2.46 bits per heavy atom. The van der Waals surface area contributed by atoms with E-state index in [1.807, 2.05) is 24.3 Å². The van der Waals surface area contributed by atoms with Gasteiger partial charge in [0.2, 0.25) is 0 Å². The molecule has 0 bridgehead atoms. The number of ether oxygens (including phenoxy) is 1. The highest BCUT2D eigenvalue weighted by atomic mass is 32.1. The van der Waals surface area contributed by atoms with Crippen molar-refractivity contribution in [3.8, 4) is 11.5 Å². The summed E-state index contributed by atoms with van der Waals surface area (Å²) in [5.41, 5.74) is 2.94. The van der Waals surface area contributed by atoms with E-state index in [4.69, 9.17) is 17.0 Å². The van der Waals surface area contributed by atoms with Crippen LogP contribution in [0.3, 0.4) is 0 Å². The molecule has 1 fully saturated rings. The van der Waals surface area contributed by atoms with Crippen molar-refractivity contribution in [1.82, 2.24) is 5.32 Å². The average Bonchev–Trinajstić information content (AvgIpc) is 2.89. The molecule has 0 saturated carbocycles. The number of benzene rings is 2. The Balaban J connectivity index is 1.87. The molecule has 0 spiro atoms. The van der Waals surface area contributed by atoms with Crippen LogP contribution in [-0.2, 0) is 4.79 Å². The van der Waals surface area contributed by atoms with Crippen LogP contribution in [0.5, 0.6) is 11.5 Å². The molecule has 26 heavy (non-hydrogen) atoms. The van der Waals surface area contributed by atoms with Gasteiger partial charge in [0.05, 0.1) is 12.8 Å². The molecule has 2 N–H and O–H groups in total. The SMILES string of the molecule is COc1ccc(/C=C2\NC(=S)N(c3ccc(C(C)C)cc3)C2=O)cc1O. The largest absolute Gasteiger partial charge is 0.504 e. The maximum absolute atomic E-state index is 12.8. The number of hydrogen-bond acceptors (Lipinski definition) is 4. The lowest BCUT2D eigenvalue weighted by atomic mass is 10.0. The maximum atomic E-state index is 12.8. The standard InChI is InChI=1S/C20H20N2O3S/c1-12(2)14-5-7-15(8-6-14)22-19(24)16(21-20(22)26)10-13-4-9-18(25-3)17(23)11-13/h4-12,23H,1-3H3,(H,21,26)/b16-10-. The first-order valence-electron chi connectivity index (χ1n) is 8.25. The molecule has 2 aromatic rings. The Kier molecular flexibility index (Phi) is 4.95. The minimum atomic E-state index is -0.234. The first-order chi connectivity index (χ1) is 12.4. The molecular formula is C20H20N2O3S. The molecule has 134 valence electrons. The minimum Gasteiger partial charge on any atom is -0.504 e. The van der Waals surface area contributed by atoms with Gasteiger partial charge in [-0.3, -0.25) is 9.69 Å². The zero-order valence-electron chi connectivity index (χ0n) is 14.8. The molecule has 0 radical (unpaired) electrons. The van der Waals surface area contributed by atoms with Gasteiger partial charge in [0.25, 0.3) is 5.91 Å². The molecule has 1 heterocycles. The van der Waals surface area contributed by atoms with E-state index < -0.39 is 0 Å². The maximum Gasteiger partial charge on any atom is 0.281 e. The third-order valence-electron chi connectivity index (χ3n) is 4.21. The van der Waals surface area contributed by atoms with Gasteiger partial charge in [-0.2, -0.15) is 0 Å². The van der Waals surface area contributed by atoms with Crippen molar-refractivity contribution in [3.63, 3.8) is 0 Å². The van der Waals surface area contributed by atoms with Crippen molar-refractivity contribution in [2.75, 3.05) is 12.0 Å². The molecule has 0 aliphatic carbocycles. The van der Waals surface area contributed by atoms with Crippen LogP contribution in [0.15, 0.2) is 48.2 Å². The number of amides is 1. The Labute approximate surface area is 157 Å². The molecule has 6 heteroatoms. The van der Waals surface area contributed by atoms with Gasteiger partial charge in [0.1, 0.15) is 5.70 Å². The zero-order valence-corrected chi connectivity index (χ0v) is 15.6. The Hall–Kier alpha value is -2.86. The minimum absolute atomic E-state index is 0.0102. The lowest BCUT2D eigenvalue weighted by Crippen LogP contribution is -2.30. The number of anilines is 1. The van der Waals surface area contributed by atoms with Gasteiger partial charge >= 0.3 is 0 Å². The molecule has 5 nitrogen and oxygen atoms in total. The molecule has 0 atom stereocenters. The fourth-order valence-corrected chi connectivity index (χ4v) is 3.04. The molecule has 1 saturated heterocycles. The quantitative estimate of drug-likeness (QED) is 0.635. The normalized spacial score (nSPS) is 15.7. The predicted molar refractivity (Wildman–Crippen MR) is 106 cm³/mol. The van der Waals surface area contributed by atoms with E-state index in [2.05, 4.69) is 19.2 Å². The number of thiocarbonyl (C=S) groups is 1. The van der Waals surface area contributed by atoms with Crippen molar-refractivity contribution in [3.05, 3.63) is 59.3 Å². The van der Waals surface area contributed by atoms with Crippen LogP contribution in [0.1, 0.15) is 30.9 Å². The zero-order chi connectivity index (χ0) is 18.8. The number of rotatable bonds is 4. The third-order valence-corrected chi connectivity index (χ3v) is 4.49. The molecule has 3 rings (SSSR count). The number of aromatic hydroxyl groups is 1. The van der Waals surface area contributed by atoms with Crippen LogP contribution in [0, 0.1) is 0 Å². The molecule has 2 aromatic carbocycles. The molecular weight excluding hydrogens is 348 g/mol. The van der Waals surface area contributed by atoms with E-state index in [0.717, 1.165) is 5.69 Å². The van der Waals surface area contributed by atoms with Gasteiger partial charge in [-0.1, -0.05) is 32.0 Å².